The number of hydrogen-bond donors (Lipinski definition) is 1. The Kier molecular flexibility index (Phi) is 3.99. The van der Waals surface area contributed by atoms with Gasteiger partial charge in [-0.05, 0) is 6.07 Å². The molecule has 1 N–H and O–H groups in total. The van der Waals surface area contributed by atoms with E-state index < -0.39 is 5.97 Å². The van der Waals surface area contributed by atoms with Crippen LogP contribution in [0.4, 0.5) is 5.82 Å². The highest BCUT2D eigenvalue weighted by Crippen LogP contribution is 2.19. The number of piperazine rings is 1. The van der Waals surface area contributed by atoms with Crippen molar-refractivity contribution in [1.29, 1.82) is 0 Å². The van der Waals surface area contributed by atoms with E-state index in [1.54, 1.807) is 13.3 Å². The van der Waals surface area contributed by atoms with E-state index in [2.05, 4.69) is 9.88 Å². The van der Waals surface area contributed by atoms with Crippen molar-refractivity contribution >= 4 is 11.8 Å². The number of anilines is 1. The van der Waals surface area contributed by atoms with Crippen molar-refractivity contribution in [3.8, 4) is 5.75 Å². The molecular weight excluding hydrogens is 234 g/mol. The molecule has 0 saturated carbocycles. The molecule has 1 aliphatic rings. The van der Waals surface area contributed by atoms with Gasteiger partial charge in [0, 0.05) is 38.4 Å². The van der Waals surface area contributed by atoms with E-state index in [0.717, 1.165) is 37.7 Å². The van der Waals surface area contributed by atoms with Gasteiger partial charge in [-0.15, -0.1) is 0 Å². The third-order valence-corrected chi connectivity index (χ3v) is 3.01. The number of methoxy groups -OCH3 is 1. The standard InChI is InChI=1S/C12H17N3O3/c1-18-10-2-3-13-11(8-10)15-6-4-14(5-7-15)9-12(16)17/h2-3,8H,4-7,9H2,1H3,(H,16,17). The number of carboxylic acid groups (broad SMARTS) is 1. The second-order valence-electron chi connectivity index (χ2n) is 4.21. The van der Waals surface area contributed by atoms with Gasteiger partial charge in [0.2, 0.25) is 0 Å². The van der Waals surface area contributed by atoms with Gasteiger partial charge >= 0.3 is 5.97 Å². The number of pyridine rings is 1. The largest absolute Gasteiger partial charge is 0.497 e. The van der Waals surface area contributed by atoms with Crippen LogP contribution in [0.1, 0.15) is 0 Å². The SMILES string of the molecule is COc1ccnc(N2CCN(CC(=O)O)CC2)c1. The minimum absolute atomic E-state index is 0.110. The smallest absolute Gasteiger partial charge is 0.317 e. The number of rotatable bonds is 4. The predicted molar refractivity (Wildman–Crippen MR) is 67.1 cm³/mol. The van der Waals surface area contributed by atoms with E-state index in [0.29, 0.717) is 0 Å². The van der Waals surface area contributed by atoms with E-state index in [1.165, 1.54) is 0 Å². The molecule has 1 saturated heterocycles. The maximum absolute atomic E-state index is 10.6. The molecule has 0 spiro atoms. The molecule has 1 aromatic heterocycles. The molecule has 1 fully saturated rings. The third kappa shape index (κ3) is 3.10. The van der Waals surface area contributed by atoms with Crippen LogP contribution < -0.4 is 9.64 Å². The molecule has 0 bridgehead atoms. The van der Waals surface area contributed by atoms with Gasteiger partial charge in [0.25, 0.3) is 0 Å². The molecule has 2 rings (SSSR count). The second kappa shape index (κ2) is 5.68. The molecule has 6 heteroatoms. The summed E-state index contributed by atoms with van der Waals surface area (Å²) in [6, 6.07) is 3.71. The molecular formula is C12H17N3O3. The monoisotopic (exact) mass is 251 g/mol. The molecule has 0 aliphatic carbocycles. The second-order valence-corrected chi connectivity index (χ2v) is 4.21. The summed E-state index contributed by atoms with van der Waals surface area (Å²) >= 11 is 0. The zero-order chi connectivity index (χ0) is 13.0. The molecule has 98 valence electrons. The van der Waals surface area contributed by atoms with Crippen LogP contribution in [0.2, 0.25) is 0 Å². The van der Waals surface area contributed by atoms with E-state index in [1.807, 2.05) is 17.0 Å². The number of ether oxygens (including phenoxy) is 1. The molecule has 2 heterocycles. The average Bonchev–Trinajstić information content (AvgIpc) is 2.39. The van der Waals surface area contributed by atoms with Gasteiger partial charge in [-0.3, -0.25) is 9.69 Å². The van der Waals surface area contributed by atoms with Crippen molar-refractivity contribution in [2.24, 2.45) is 0 Å². The van der Waals surface area contributed by atoms with Crippen LogP contribution in [0.3, 0.4) is 0 Å². The van der Waals surface area contributed by atoms with Gasteiger partial charge in [-0.2, -0.15) is 0 Å². The van der Waals surface area contributed by atoms with E-state index >= 15 is 0 Å². The average molecular weight is 251 g/mol. The van der Waals surface area contributed by atoms with Crippen molar-refractivity contribution < 1.29 is 14.6 Å². The summed E-state index contributed by atoms with van der Waals surface area (Å²) in [5, 5.41) is 8.73. The lowest BCUT2D eigenvalue weighted by atomic mass is 10.3. The number of aromatic nitrogens is 1. The fourth-order valence-electron chi connectivity index (χ4n) is 2.03. The van der Waals surface area contributed by atoms with Crippen molar-refractivity contribution in [2.75, 3.05) is 44.7 Å². The van der Waals surface area contributed by atoms with Gasteiger partial charge in [-0.1, -0.05) is 0 Å². The summed E-state index contributed by atoms with van der Waals surface area (Å²) in [5.74, 6) is 0.889. The normalized spacial score (nSPS) is 16.6. The summed E-state index contributed by atoms with van der Waals surface area (Å²) in [7, 11) is 1.63. The number of nitrogens with zero attached hydrogens (tertiary/aromatic N) is 3. The summed E-state index contributed by atoms with van der Waals surface area (Å²) in [6.07, 6.45) is 1.72. The first kappa shape index (κ1) is 12.6. The summed E-state index contributed by atoms with van der Waals surface area (Å²) in [6.45, 7) is 3.16. The van der Waals surface area contributed by atoms with Crippen molar-refractivity contribution in [2.45, 2.75) is 0 Å². The van der Waals surface area contributed by atoms with E-state index in [-0.39, 0.29) is 6.54 Å². The summed E-state index contributed by atoms with van der Waals surface area (Å²) in [4.78, 5) is 19.0. The number of aliphatic carboxylic acids is 1. The fourth-order valence-corrected chi connectivity index (χ4v) is 2.03. The molecule has 0 unspecified atom stereocenters. The van der Waals surface area contributed by atoms with Gasteiger partial charge in [0.05, 0.1) is 13.7 Å². The Morgan fingerprint density at radius 3 is 2.78 bits per heavy atom. The van der Waals surface area contributed by atoms with Crippen LogP contribution in [0, 0.1) is 0 Å². The highest BCUT2D eigenvalue weighted by atomic mass is 16.5. The van der Waals surface area contributed by atoms with Gasteiger partial charge in [0.1, 0.15) is 11.6 Å². The fraction of sp³-hybridized carbons (Fsp3) is 0.500. The van der Waals surface area contributed by atoms with Crippen LogP contribution >= 0.6 is 0 Å². The van der Waals surface area contributed by atoms with E-state index in [9.17, 15) is 4.79 Å². The lowest BCUT2D eigenvalue weighted by molar-refractivity contribution is -0.138. The Morgan fingerprint density at radius 1 is 1.44 bits per heavy atom. The van der Waals surface area contributed by atoms with Crippen LogP contribution in [0.25, 0.3) is 0 Å². The molecule has 0 radical (unpaired) electrons. The van der Waals surface area contributed by atoms with Crippen molar-refractivity contribution in [1.82, 2.24) is 9.88 Å². The van der Waals surface area contributed by atoms with Crippen LogP contribution in [0.5, 0.6) is 5.75 Å². The molecule has 6 nitrogen and oxygen atoms in total. The lowest BCUT2D eigenvalue weighted by Gasteiger charge is -2.34. The minimum Gasteiger partial charge on any atom is -0.497 e. The Morgan fingerprint density at radius 2 is 2.17 bits per heavy atom. The predicted octanol–water partition coefficient (Wildman–Crippen LogP) is 0.297. The zero-order valence-corrected chi connectivity index (χ0v) is 10.4. The molecule has 0 aromatic carbocycles. The number of carbonyl (C=O) groups is 1. The van der Waals surface area contributed by atoms with Crippen molar-refractivity contribution in [3.63, 3.8) is 0 Å². The Hall–Kier alpha value is -1.82. The first-order valence-electron chi connectivity index (χ1n) is 5.88. The Bertz CT molecular complexity index is 417. The lowest BCUT2D eigenvalue weighted by Crippen LogP contribution is -2.48. The summed E-state index contributed by atoms with van der Waals surface area (Å²) in [5.41, 5.74) is 0. The number of carboxylic acids is 1. The first-order chi connectivity index (χ1) is 8.69. The van der Waals surface area contributed by atoms with Gasteiger partial charge in [-0.25, -0.2) is 4.98 Å². The summed E-state index contributed by atoms with van der Waals surface area (Å²) < 4.78 is 5.16. The first-order valence-corrected chi connectivity index (χ1v) is 5.88. The molecule has 1 aliphatic heterocycles. The van der Waals surface area contributed by atoms with Crippen LogP contribution in [-0.2, 0) is 4.79 Å². The van der Waals surface area contributed by atoms with Gasteiger partial charge in [0.15, 0.2) is 0 Å². The topological polar surface area (TPSA) is 65.9 Å². The minimum atomic E-state index is -0.775. The molecule has 1 aromatic rings. The third-order valence-electron chi connectivity index (χ3n) is 3.01. The Labute approximate surface area is 106 Å². The molecule has 18 heavy (non-hydrogen) atoms. The highest BCUT2D eigenvalue weighted by molar-refractivity contribution is 5.69. The maximum atomic E-state index is 10.6. The van der Waals surface area contributed by atoms with Crippen LogP contribution in [-0.4, -0.2) is 60.8 Å². The molecule has 0 amide bonds. The van der Waals surface area contributed by atoms with Gasteiger partial charge < -0.3 is 14.7 Å². The van der Waals surface area contributed by atoms with E-state index in [4.69, 9.17) is 9.84 Å². The van der Waals surface area contributed by atoms with Crippen LogP contribution in [0.15, 0.2) is 18.3 Å². The quantitative estimate of drug-likeness (QED) is 0.830. The van der Waals surface area contributed by atoms with Crippen molar-refractivity contribution in [3.05, 3.63) is 18.3 Å². The highest BCUT2D eigenvalue weighted by Gasteiger charge is 2.19. The Balaban J connectivity index is 1.94. The maximum Gasteiger partial charge on any atom is 0.317 e. The molecule has 0 atom stereocenters. The zero-order valence-electron chi connectivity index (χ0n) is 10.4. The number of hydrogen-bond acceptors (Lipinski definition) is 5.